The fourth-order valence-corrected chi connectivity index (χ4v) is 2.82. The first kappa shape index (κ1) is 16.2. The van der Waals surface area contributed by atoms with Crippen LogP contribution < -0.4 is 5.49 Å². The molecule has 1 heterocycles. The van der Waals surface area contributed by atoms with Gasteiger partial charge in [-0.3, -0.25) is 10.2 Å². The minimum Gasteiger partial charge on any atom is -0.481 e. The lowest BCUT2D eigenvalue weighted by molar-refractivity contribution is -0.137. The highest BCUT2D eigenvalue weighted by molar-refractivity contribution is 5.80. The van der Waals surface area contributed by atoms with Crippen LogP contribution in [0.2, 0.25) is 0 Å². The number of carboxylic acids is 1. The number of nitrogens with zero attached hydrogens (tertiary/aromatic N) is 2. The Bertz CT molecular complexity index is 757. The molecule has 5 heteroatoms. The largest absolute Gasteiger partial charge is 0.481 e. The molecule has 0 aliphatic rings. The molecule has 22 heavy (non-hydrogen) atoms. The maximum atomic E-state index is 10.9. The normalized spacial score (nSPS) is 13.3. The Hall–Kier alpha value is -2.17. The predicted molar refractivity (Wildman–Crippen MR) is 85.7 cm³/mol. The first-order valence-corrected chi connectivity index (χ1v) is 7.44. The molecule has 0 amide bonds. The lowest BCUT2D eigenvalue weighted by Gasteiger charge is -2.32. The van der Waals surface area contributed by atoms with E-state index in [-0.39, 0.29) is 17.9 Å². The van der Waals surface area contributed by atoms with Gasteiger partial charge >= 0.3 is 5.97 Å². The zero-order chi connectivity index (χ0) is 16.5. The molecule has 0 spiro atoms. The van der Waals surface area contributed by atoms with Crippen LogP contribution in [0.15, 0.2) is 24.5 Å². The Kier molecular flexibility index (Phi) is 4.35. The number of carbonyl (C=O) groups is 1. The molecule has 0 saturated heterocycles. The molecule has 0 aliphatic carbocycles. The number of hydrogen-bond acceptors (Lipinski definition) is 3. The Morgan fingerprint density at radius 2 is 2.09 bits per heavy atom. The minimum absolute atomic E-state index is 0.0836. The fourth-order valence-electron chi connectivity index (χ4n) is 2.82. The van der Waals surface area contributed by atoms with Crippen LogP contribution in [-0.4, -0.2) is 20.6 Å². The second-order valence-electron chi connectivity index (χ2n) is 6.79. The van der Waals surface area contributed by atoms with Crippen LogP contribution in [0, 0.1) is 17.7 Å². The third-order valence-electron chi connectivity index (χ3n) is 4.03. The molecule has 2 rings (SSSR count). The molecule has 1 aromatic heterocycles. The summed E-state index contributed by atoms with van der Waals surface area (Å²) in [5.41, 5.74) is 2.10. The topological polar surface area (TPSA) is 79.0 Å². The summed E-state index contributed by atoms with van der Waals surface area (Å²) in [6.45, 7) is 8.16. The maximum Gasteiger partial charge on any atom is 0.303 e. The van der Waals surface area contributed by atoms with Gasteiger partial charge in [0.25, 0.3) is 0 Å². The smallest absolute Gasteiger partial charge is 0.303 e. The van der Waals surface area contributed by atoms with Gasteiger partial charge in [0, 0.05) is 17.8 Å². The van der Waals surface area contributed by atoms with Crippen molar-refractivity contribution in [1.82, 2.24) is 9.55 Å². The second-order valence-corrected chi connectivity index (χ2v) is 6.79. The Balaban J connectivity index is 2.57. The molecular formula is C17H23N3O2. The van der Waals surface area contributed by atoms with E-state index in [1.54, 1.807) is 6.33 Å². The number of hydrogen-bond donors (Lipinski definition) is 2. The molecule has 0 saturated carbocycles. The molecule has 2 N–H and O–H groups in total. The number of carboxylic acid groups (broad SMARTS) is 1. The third kappa shape index (κ3) is 3.18. The maximum absolute atomic E-state index is 10.9. The van der Waals surface area contributed by atoms with Crippen molar-refractivity contribution in [3.05, 3.63) is 35.6 Å². The van der Waals surface area contributed by atoms with Crippen LogP contribution in [0.3, 0.4) is 0 Å². The summed E-state index contributed by atoms with van der Waals surface area (Å²) >= 11 is 0. The average Bonchev–Trinajstić information content (AvgIpc) is 2.40. The fraction of sp³-hybridized carbons (Fsp3) is 0.471. The highest BCUT2D eigenvalue weighted by atomic mass is 16.4. The quantitative estimate of drug-likeness (QED) is 0.909. The van der Waals surface area contributed by atoms with E-state index >= 15 is 0 Å². The Labute approximate surface area is 130 Å². The van der Waals surface area contributed by atoms with Gasteiger partial charge in [-0.15, -0.1) is 0 Å². The van der Waals surface area contributed by atoms with Crippen molar-refractivity contribution >= 4 is 16.9 Å². The zero-order valence-corrected chi connectivity index (χ0v) is 13.6. The van der Waals surface area contributed by atoms with Gasteiger partial charge in [0.15, 0.2) is 0 Å². The van der Waals surface area contributed by atoms with Crippen LogP contribution in [0.4, 0.5) is 0 Å². The first-order valence-electron chi connectivity index (χ1n) is 7.44. The molecule has 5 nitrogen and oxygen atoms in total. The van der Waals surface area contributed by atoms with Crippen molar-refractivity contribution in [2.45, 2.75) is 46.6 Å². The molecule has 1 unspecified atom stereocenters. The van der Waals surface area contributed by atoms with Crippen molar-refractivity contribution in [2.24, 2.45) is 5.41 Å². The highest BCUT2D eigenvalue weighted by Gasteiger charge is 2.27. The number of rotatable bonds is 4. The van der Waals surface area contributed by atoms with Crippen LogP contribution in [0.25, 0.3) is 10.9 Å². The minimum atomic E-state index is -0.814. The summed E-state index contributed by atoms with van der Waals surface area (Å²) in [6, 6.07) is 5.70. The van der Waals surface area contributed by atoms with Gasteiger partial charge in [-0.2, -0.15) is 0 Å². The van der Waals surface area contributed by atoms with Crippen LogP contribution in [-0.2, 0) is 4.79 Å². The van der Waals surface area contributed by atoms with Gasteiger partial charge < -0.3 is 9.67 Å². The number of aliphatic carboxylic acids is 1. The van der Waals surface area contributed by atoms with E-state index < -0.39 is 5.97 Å². The van der Waals surface area contributed by atoms with E-state index in [1.807, 2.05) is 29.7 Å². The van der Waals surface area contributed by atoms with E-state index in [0.29, 0.717) is 11.9 Å². The van der Waals surface area contributed by atoms with Gasteiger partial charge in [0.1, 0.15) is 5.49 Å². The van der Waals surface area contributed by atoms with Gasteiger partial charge in [-0.05, 0) is 30.4 Å². The number of fused-ring (bicyclic) bond motifs is 1. The van der Waals surface area contributed by atoms with Gasteiger partial charge in [0.05, 0.1) is 11.8 Å². The van der Waals surface area contributed by atoms with E-state index in [9.17, 15) is 4.79 Å². The third-order valence-corrected chi connectivity index (χ3v) is 4.03. The molecule has 0 radical (unpaired) electrons. The summed E-state index contributed by atoms with van der Waals surface area (Å²) in [4.78, 5) is 15.4. The number of para-hydroxylation sites is 1. The summed E-state index contributed by atoms with van der Waals surface area (Å²) in [6.07, 6.45) is 2.24. The monoisotopic (exact) mass is 301 g/mol. The highest BCUT2D eigenvalue weighted by Crippen LogP contribution is 2.33. The molecule has 1 aromatic carbocycles. The van der Waals surface area contributed by atoms with E-state index in [2.05, 4.69) is 25.8 Å². The van der Waals surface area contributed by atoms with E-state index in [1.165, 1.54) is 0 Å². The molecule has 0 bridgehead atoms. The summed E-state index contributed by atoms with van der Waals surface area (Å²) in [5.74, 6) is -0.814. The predicted octanol–water partition coefficient (Wildman–Crippen LogP) is 3.28. The molecule has 0 aliphatic heterocycles. The first-order chi connectivity index (χ1) is 10.2. The van der Waals surface area contributed by atoms with Crippen molar-refractivity contribution in [2.75, 3.05) is 0 Å². The van der Waals surface area contributed by atoms with Crippen molar-refractivity contribution in [3.63, 3.8) is 0 Å². The van der Waals surface area contributed by atoms with Crippen LogP contribution >= 0.6 is 0 Å². The van der Waals surface area contributed by atoms with Gasteiger partial charge in [-0.1, -0.05) is 32.9 Å². The standard InChI is InChI=1S/C17H23N3O2/c1-11-6-5-7-12-15(11)19-10-20(16(12)18)13(17(2,3)4)8-9-14(21)22/h5-7,10,13,18H,8-9H2,1-4H3,(H,21,22). The van der Waals surface area contributed by atoms with Crippen LogP contribution in [0.5, 0.6) is 0 Å². The molecular weight excluding hydrogens is 278 g/mol. The lowest BCUT2D eigenvalue weighted by Crippen LogP contribution is -2.33. The molecule has 2 aromatic rings. The molecule has 118 valence electrons. The van der Waals surface area contributed by atoms with Crippen molar-refractivity contribution in [3.8, 4) is 0 Å². The average molecular weight is 301 g/mol. The Morgan fingerprint density at radius 3 is 2.68 bits per heavy atom. The summed E-state index contributed by atoms with van der Waals surface area (Å²) in [5, 5.41) is 18.3. The van der Waals surface area contributed by atoms with Crippen molar-refractivity contribution < 1.29 is 9.90 Å². The van der Waals surface area contributed by atoms with Gasteiger partial charge in [-0.25, -0.2) is 4.98 Å². The summed E-state index contributed by atoms with van der Waals surface area (Å²) in [7, 11) is 0. The van der Waals surface area contributed by atoms with Crippen molar-refractivity contribution in [1.29, 1.82) is 5.41 Å². The SMILES string of the molecule is Cc1cccc2c(=N)n(C(CCC(=O)O)C(C)(C)C)cnc12. The van der Waals surface area contributed by atoms with E-state index in [4.69, 9.17) is 10.5 Å². The number of aryl methyl sites for hydroxylation is 1. The number of benzene rings is 1. The molecule has 0 fully saturated rings. The summed E-state index contributed by atoms with van der Waals surface area (Å²) < 4.78 is 1.81. The number of aromatic nitrogens is 2. The lowest BCUT2D eigenvalue weighted by atomic mass is 9.83. The van der Waals surface area contributed by atoms with E-state index in [0.717, 1.165) is 16.5 Å². The number of nitrogens with one attached hydrogen (secondary N) is 1. The van der Waals surface area contributed by atoms with Crippen LogP contribution in [0.1, 0.15) is 45.2 Å². The Morgan fingerprint density at radius 1 is 1.41 bits per heavy atom. The molecule has 1 atom stereocenters. The zero-order valence-electron chi connectivity index (χ0n) is 13.6. The second kappa shape index (κ2) is 5.91. The van der Waals surface area contributed by atoms with Gasteiger partial charge in [0.2, 0.25) is 0 Å².